The van der Waals surface area contributed by atoms with Gasteiger partial charge in [0.25, 0.3) is 5.71 Å². The molecule has 182 valence electrons. The second-order valence-electron chi connectivity index (χ2n) is 8.49. The molecule has 35 heavy (non-hydrogen) atoms. The van der Waals surface area contributed by atoms with Crippen LogP contribution in [0, 0.1) is 5.82 Å². The Morgan fingerprint density at radius 3 is 2.49 bits per heavy atom. The van der Waals surface area contributed by atoms with Gasteiger partial charge in [0.05, 0.1) is 4.90 Å². The predicted molar refractivity (Wildman–Crippen MR) is 131 cm³/mol. The molecule has 0 amide bonds. The van der Waals surface area contributed by atoms with E-state index < -0.39 is 15.8 Å². The highest BCUT2D eigenvalue weighted by Crippen LogP contribution is 2.34. The third-order valence-corrected chi connectivity index (χ3v) is 8.00. The quantitative estimate of drug-likeness (QED) is 0.394. The number of aryl methyl sites for hydroxylation is 1. The van der Waals surface area contributed by atoms with Crippen LogP contribution in [0.2, 0.25) is 0 Å². The summed E-state index contributed by atoms with van der Waals surface area (Å²) in [7, 11) is -3.73. The molecule has 5 rings (SSSR count). The van der Waals surface area contributed by atoms with Crippen LogP contribution in [0.15, 0.2) is 64.0 Å². The average molecular weight is 496 g/mol. The molecule has 0 unspecified atom stereocenters. The molecule has 1 aliphatic rings. The van der Waals surface area contributed by atoms with Gasteiger partial charge in [-0.3, -0.25) is 0 Å². The summed E-state index contributed by atoms with van der Waals surface area (Å²) < 4.78 is 46.8. The predicted octanol–water partition coefficient (Wildman–Crippen LogP) is 4.28. The molecular weight excluding hydrogens is 469 g/mol. The van der Waals surface area contributed by atoms with E-state index in [2.05, 4.69) is 22.0 Å². The number of benzene rings is 2. The van der Waals surface area contributed by atoms with Gasteiger partial charge < -0.3 is 9.42 Å². The van der Waals surface area contributed by atoms with Gasteiger partial charge in [0.1, 0.15) is 28.5 Å². The fraction of sp³-hybridized carbons (Fsp3) is 0.320. The maximum atomic E-state index is 13.3. The average Bonchev–Trinajstić information content (AvgIpc) is 3.12. The highest BCUT2D eigenvalue weighted by atomic mass is 32.2. The molecule has 0 atom stereocenters. The van der Waals surface area contributed by atoms with Gasteiger partial charge in [-0.05, 0) is 37.1 Å². The fourth-order valence-electron chi connectivity index (χ4n) is 4.34. The lowest BCUT2D eigenvalue weighted by Crippen LogP contribution is -2.35. The highest BCUT2D eigenvalue weighted by molar-refractivity contribution is 7.89. The molecule has 0 bridgehead atoms. The number of fused-ring (bicyclic) bond motifs is 1. The van der Waals surface area contributed by atoms with Crippen molar-refractivity contribution in [2.45, 2.75) is 31.1 Å². The normalized spacial score (nSPS) is 15.4. The topological polar surface area (TPSA) is 92.4 Å². The summed E-state index contributed by atoms with van der Waals surface area (Å²) in [6.07, 6.45) is 2.19. The second-order valence-corrected chi connectivity index (χ2v) is 10.4. The Balaban J connectivity index is 1.50. The van der Waals surface area contributed by atoms with Crippen LogP contribution in [0.1, 0.15) is 25.6 Å². The van der Waals surface area contributed by atoms with Gasteiger partial charge in [-0.25, -0.2) is 17.8 Å². The van der Waals surface area contributed by atoms with Crippen LogP contribution in [0.4, 0.5) is 10.2 Å². The molecule has 1 saturated heterocycles. The van der Waals surface area contributed by atoms with Crippen LogP contribution < -0.4 is 4.90 Å². The van der Waals surface area contributed by atoms with Crippen molar-refractivity contribution >= 4 is 26.9 Å². The molecular formula is C25H26FN5O3S. The lowest BCUT2D eigenvalue weighted by atomic mass is 10.1. The van der Waals surface area contributed by atoms with Crippen molar-refractivity contribution in [3.63, 3.8) is 0 Å². The van der Waals surface area contributed by atoms with Gasteiger partial charge in [-0.15, -0.1) is 0 Å². The Bertz CT molecular complexity index is 1430. The van der Waals surface area contributed by atoms with E-state index in [9.17, 15) is 12.8 Å². The van der Waals surface area contributed by atoms with E-state index >= 15 is 0 Å². The molecule has 2 aromatic heterocycles. The van der Waals surface area contributed by atoms with Crippen LogP contribution in [0.25, 0.3) is 22.4 Å². The van der Waals surface area contributed by atoms with Crippen LogP contribution in [0.3, 0.4) is 0 Å². The first-order valence-corrected chi connectivity index (χ1v) is 13.1. The molecule has 0 radical (unpaired) electrons. The molecule has 0 spiro atoms. The van der Waals surface area contributed by atoms with E-state index in [1.807, 2.05) is 30.3 Å². The number of hydrogen-bond donors (Lipinski definition) is 0. The minimum atomic E-state index is -3.73. The smallest absolute Gasteiger partial charge is 0.263 e. The SMILES string of the molecule is CCCc1nc(N2CCCN(S(=O)(=O)c3ccc(F)cc3)CC2)c2c(-c3ccccc3)noc2n1. The van der Waals surface area contributed by atoms with E-state index in [4.69, 9.17) is 9.51 Å². The summed E-state index contributed by atoms with van der Waals surface area (Å²) in [5.74, 6) is 0.912. The van der Waals surface area contributed by atoms with E-state index in [0.29, 0.717) is 55.5 Å². The minimum Gasteiger partial charge on any atom is -0.354 e. The maximum Gasteiger partial charge on any atom is 0.263 e. The van der Waals surface area contributed by atoms with Gasteiger partial charge in [-0.2, -0.15) is 9.29 Å². The molecule has 8 nitrogen and oxygen atoms in total. The van der Waals surface area contributed by atoms with E-state index in [-0.39, 0.29) is 11.4 Å². The Labute approximate surface area is 203 Å². The summed E-state index contributed by atoms with van der Waals surface area (Å²) >= 11 is 0. The second kappa shape index (κ2) is 9.71. The summed E-state index contributed by atoms with van der Waals surface area (Å²) in [4.78, 5) is 11.6. The zero-order valence-corrected chi connectivity index (χ0v) is 20.2. The first kappa shape index (κ1) is 23.4. The Morgan fingerprint density at radius 2 is 1.74 bits per heavy atom. The van der Waals surface area contributed by atoms with Gasteiger partial charge in [0.2, 0.25) is 10.0 Å². The van der Waals surface area contributed by atoms with Gasteiger partial charge in [-0.1, -0.05) is 42.4 Å². The van der Waals surface area contributed by atoms with Crippen LogP contribution in [0.5, 0.6) is 0 Å². The Hall–Kier alpha value is -3.37. The first-order chi connectivity index (χ1) is 17.0. The number of rotatable bonds is 6. The maximum absolute atomic E-state index is 13.3. The minimum absolute atomic E-state index is 0.0902. The Kier molecular flexibility index (Phi) is 6.48. The van der Waals surface area contributed by atoms with Gasteiger partial charge >= 0.3 is 0 Å². The van der Waals surface area contributed by atoms with Crippen molar-refractivity contribution in [3.8, 4) is 11.3 Å². The van der Waals surface area contributed by atoms with Crippen LogP contribution in [-0.4, -0.2) is 54.0 Å². The van der Waals surface area contributed by atoms with Crippen molar-refractivity contribution in [1.29, 1.82) is 0 Å². The zero-order valence-electron chi connectivity index (χ0n) is 19.4. The highest BCUT2D eigenvalue weighted by Gasteiger charge is 2.29. The van der Waals surface area contributed by atoms with Gasteiger partial charge in [0.15, 0.2) is 0 Å². The molecule has 4 aromatic rings. The number of hydrogen-bond acceptors (Lipinski definition) is 7. The third kappa shape index (κ3) is 4.63. The largest absolute Gasteiger partial charge is 0.354 e. The molecule has 1 fully saturated rings. The summed E-state index contributed by atoms with van der Waals surface area (Å²) in [5.41, 5.74) is 1.99. The standard InChI is InChI=1S/C25H26FN5O3S/c1-2-7-21-27-24(22-23(29-34-25(22)28-21)18-8-4-3-5-9-18)30-14-6-15-31(17-16-30)35(32,33)20-12-10-19(26)11-13-20/h3-5,8-13H,2,6-7,14-17H2,1H3. The van der Waals surface area contributed by atoms with Crippen LogP contribution >= 0.6 is 0 Å². The van der Waals surface area contributed by atoms with Crippen molar-refractivity contribution in [3.05, 3.63) is 66.2 Å². The van der Waals surface area contributed by atoms with E-state index in [0.717, 1.165) is 17.4 Å². The summed E-state index contributed by atoms with van der Waals surface area (Å²) in [6, 6.07) is 14.7. The molecule has 0 aliphatic carbocycles. The van der Waals surface area contributed by atoms with Crippen molar-refractivity contribution in [2.24, 2.45) is 0 Å². The number of nitrogens with zero attached hydrogens (tertiary/aromatic N) is 5. The molecule has 3 heterocycles. The van der Waals surface area contributed by atoms with E-state index in [1.54, 1.807) is 0 Å². The van der Waals surface area contributed by atoms with Gasteiger partial charge in [0, 0.05) is 38.2 Å². The van der Waals surface area contributed by atoms with Crippen molar-refractivity contribution < 1.29 is 17.3 Å². The van der Waals surface area contributed by atoms with Crippen molar-refractivity contribution in [1.82, 2.24) is 19.4 Å². The third-order valence-electron chi connectivity index (χ3n) is 6.09. The monoisotopic (exact) mass is 495 g/mol. The molecule has 2 aromatic carbocycles. The van der Waals surface area contributed by atoms with Crippen molar-refractivity contribution in [2.75, 3.05) is 31.1 Å². The molecule has 1 aliphatic heterocycles. The Morgan fingerprint density at radius 1 is 0.971 bits per heavy atom. The number of aromatic nitrogens is 3. The lowest BCUT2D eigenvalue weighted by molar-refractivity contribution is 0.433. The molecule has 0 N–H and O–H groups in total. The first-order valence-electron chi connectivity index (χ1n) is 11.7. The summed E-state index contributed by atoms with van der Waals surface area (Å²) in [5, 5.41) is 5.03. The number of halogens is 1. The summed E-state index contributed by atoms with van der Waals surface area (Å²) in [6.45, 7) is 3.76. The molecule has 10 heteroatoms. The zero-order chi connectivity index (χ0) is 24.4. The number of anilines is 1. The lowest BCUT2D eigenvalue weighted by Gasteiger charge is -2.23. The molecule has 0 saturated carbocycles. The van der Waals surface area contributed by atoms with E-state index in [1.165, 1.54) is 28.6 Å². The van der Waals surface area contributed by atoms with Crippen LogP contribution in [-0.2, 0) is 16.4 Å². The number of sulfonamides is 1. The fourth-order valence-corrected chi connectivity index (χ4v) is 5.81.